The molecule has 0 saturated heterocycles. The SMILES string of the molecule is CCC1=CC2=C(C=CC=CC2c2ccc(C(C)(C)C)c(Cl)c2)C1(C)[Si]C1(C)C(CC)=CC2=C1C=CC=CC2c1ccc(C(C)(C)C)c(Cl)c1. The van der Waals surface area contributed by atoms with Gasteiger partial charge < -0.3 is 0 Å². The summed E-state index contributed by atoms with van der Waals surface area (Å²) in [6.07, 6.45) is 25.6. The Morgan fingerprint density at radius 1 is 0.612 bits per heavy atom. The Morgan fingerprint density at radius 2 is 1.00 bits per heavy atom. The van der Waals surface area contributed by atoms with Crippen LogP contribution in [0.15, 0.2) is 131 Å². The average molecular weight is 704 g/mol. The van der Waals surface area contributed by atoms with Gasteiger partial charge in [0, 0.05) is 32.0 Å². The molecule has 0 nitrogen and oxygen atoms in total. The second-order valence-corrected chi connectivity index (χ2v) is 19.6. The van der Waals surface area contributed by atoms with Crippen molar-refractivity contribution in [3.05, 3.63) is 163 Å². The third kappa shape index (κ3) is 6.34. The molecule has 6 rings (SSSR count). The molecule has 49 heavy (non-hydrogen) atoms. The van der Waals surface area contributed by atoms with Crippen LogP contribution in [0.1, 0.15) is 116 Å². The summed E-state index contributed by atoms with van der Waals surface area (Å²) in [5.41, 5.74) is 13.7. The lowest BCUT2D eigenvalue weighted by Crippen LogP contribution is -2.31. The minimum atomic E-state index is -0.0911. The number of halogens is 2. The van der Waals surface area contributed by atoms with Crippen molar-refractivity contribution in [2.45, 2.75) is 115 Å². The quantitative estimate of drug-likeness (QED) is 0.263. The highest BCUT2D eigenvalue weighted by atomic mass is 35.5. The molecule has 4 atom stereocenters. The van der Waals surface area contributed by atoms with E-state index in [0.717, 1.165) is 22.9 Å². The summed E-state index contributed by atoms with van der Waals surface area (Å²) in [5.74, 6) is 0.313. The van der Waals surface area contributed by atoms with E-state index in [9.17, 15) is 0 Å². The molecular formula is C46H52Cl2Si. The summed E-state index contributed by atoms with van der Waals surface area (Å²) in [4.78, 5) is 0. The molecule has 2 radical (unpaired) electrons. The van der Waals surface area contributed by atoms with Crippen LogP contribution >= 0.6 is 23.2 Å². The lowest BCUT2D eigenvalue weighted by Gasteiger charge is -2.41. The van der Waals surface area contributed by atoms with E-state index >= 15 is 0 Å². The molecule has 0 aliphatic heterocycles. The number of rotatable bonds is 6. The van der Waals surface area contributed by atoms with Crippen LogP contribution in [-0.2, 0) is 10.8 Å². The van der Waals surface area contributed by atoms with Crippen molar-refractivity contribution in [2.75, 3.05) is 0 Å². The summed E-state index contributed by atoms with van der Waals surface area (Å²) in [7, 11) is 0.642. The van der Waals surface area contributed by atoms with Crippen molar-refractivity contribution in [3.63, 3.8) is 0 Å². The third-order valence-corrected chi connectivity index (χ3v) is 14.1. The highest BCUT2D eigenvalue weighted by Gasteiger charge is 2.49. The first-order valence-corrected chi connectivity index (χ1v) is 19.8. The number of hydrogen-bond acceptors (Lipinski definition) is 0. The Kier molecular flexibility index (Phi) is 9.57. The second-order valence-electron chi connectivity index (χ2n) is 16.6. The number of allylic oxidation sites excluding steroid dienone is 16. The first kappa shape index (κ1) is 36.0. The molecule has 0 saturated carbocycles. The molecule has 0 heterocycles. The lowest BCUT2D eigenvalue weighted by molar-refractivity contribution is 0.590. The van der Waals surface area contributed by atoms with E-state index in [1.165, 1.54) is 55.7 Å². The normalized spacial score (nSPS) is 26.5. The Morgan fingerprint density at radius 3 is 1.33 bits per heavy atom. The minimum absolute atomic E-state index is 0.00110. The van der Waals surface area contributed by atoms with Crippen LogP contribution in [0.25, 0.3) is 0 Å². The Balaban J connectivity index is 1.43. The van der Waals surface area contributed by atoms with Crippen LogP contribution in [-0.4, -0.2) is 9.52 Å². The van der Waals surface area contributed by atoms with Crippen molar-refractivity contribution >= 4 is 32.7 Å². The maximum Gasteiger partial charge on any atom is 0.0757 e. The van der Waals surface area contributed by atoms with Crippen LogP contribution < -0.4 is 0 Å². The fourth-order valence-electron chi connectivity index (χ4n) is 8.60. The maximum absolute atomic E-state index is 6.96. The highest BCUT2D eigenvalue weighted by molar-refractivity contribution is 6.50. The Hall–Kier alpha value is -2.84. The maximum atomic E-state index is 6.96. The molecule has 0 amide bonds. The van der Waals surface area contributed by atoms with E-state index in [0.29, 0.717) is 9.52 Å². The van der Waals surface area contributed by atoms with E-state index < -0.39 is 0 Å². The molecular weight excluding hydrogens is 651 g/mol. The van der Waals surface area contributed by atoms with Crippen LogP contribution in [0.3, 0.4) is 0 Å². The second kappa shape index (κ2) is 13.0. The van der Waals surface area contributed by atoms with Crippen molar-refractivity contribution in [2.24, 2.45) is 0 Å². The molecule has 4 aliphatic carbocycles. The standard InChI is InChI=1S/C46H52Cl2Si/c1-11-31-27-35-33(29-21-23-39(41(47)25-29)43(3,4)5)17-13-15-19-37(35)45(31,9)49-46(10)32(12-2)28-36-34(18-14-16-20-38(36)46)30-22-24-40(42(48)26-30)44(6,7)8/h13-28,33-34H,11-12H2,1-10H3. The molecule has 4 aliphatic rings. The molecule has 0 N–H and O–H groups in total. The van der Waals surface area contributed by atoms with E-state index in [-0.39, 0.29) is 32.7 Å². The molecule has 254 valence electrons. The zero-order valence-electron chi connectivity index (χ0n) is 31.1. The van der Waals surface area contributed by atoms with Gasteiger partial charge in [-0.1, -0.05) is 189 Å². The first-order chi connectivity index (χ1) is 23.0. The van der Waals surface area contributed by atoms with Gasteiger partial charge in [0.1, 0.15) is 0 Å². The zero-order valence-corrected chi connectivity index (χ0v) is 33.6. The van der Waals surface area contributed by atoms with Gasteiger partial charge in [-0.15, -0.1) is 0 Å². The summed E-state index contributed by atoms with van der Waals surface area (Å²) < 4.78 is 0. The summed E-state index contributed by atoms with van der Waals surface area (Å²) >= 11 is 13.9. The van der Waals surface area contributed by atoms with Gasteiger partial charge >= 0.3 is 0 Å². The molecule has 0 fully saturated rings. The predicted molar refractivity (Wildman–Crippen MR) is 216 cm³/mol. The minimum Gasteiger partial charge on any atom is -0.0840 e. The van der Waals surface area contributed by atoms with Gasteiger partial charge in [-0.05, 0) is 80.4 Å². The molecule has 3 heteroatoms. The highest BCUT2D eigenvalue weighted by Crippen LogP contribution is 2.63. The van der Waals surface area contributed by atoms with Crippen molar-refractivity contribution in [3.8, 4) is 0 Å². The van der Waals surface area contributed by atoms with Gasteiger partial charge in [0.25, 0.3) is 0 Å². The van der Waals surface area contributed by atoms with Crippen LogP contribution in [0.5, 0.6) is 0 Å². The fraction of sp³-hybridized carbons (Fsp3) is 0.391. The molecule has 4 unspecified atom stereocenters. The van der Waals surface area contributed by atoms with Crippen molar-refractivity contribution in [1.82, 2.24) is 0 Å². The van der Waals surface area contributed by atoms with Gasteiger partial charge in [0.2, 0.25) is 0 Å². The number of hydrogen-bond donors (Lipinski definition) is 0. The Labute approximate surface area is 309 Å². The van der Waals surface area contributed by atoms with Crippen molar-refractivity contribution < 1.29 is 0 Å². The summed E-state index contributed by atoms with van der Waals surface area (Å²) in [6, 6.07) is 13.5. The molecule has 0 bridgehead atoms. The van der Waals surface area contributed by atoms with Crippen LogP contribution in [0.4, 0.5) is 0 Å². The topological polar surface area (TPSA) is 0 Å². The predicted octanol–water partition coefficient (Wildman–Crippen LogP) is 14.1. The first-order valence-electron chi connectivity index (χ1n) is 18.0. The molecule has 2 aromatic rings. The van der Waals surface area contributed by atoms with E-state index in [1.54, 1.807) is 0 Å². The van der Waals surface area contributed by atoms with Gasteiger partial charge in [-0.3, -0.25) is 0 Å². The molecule has 2 aromatic carbocycles. The van der Waals surface area contributed by atoms with E-state index in [2.05, 4.69) is 166 Å². The van der Waals surface area contributed by atoms with E-state index in [1.807, 2.05) is 0 Å². The van der Waals surface area contributed by atoms with E-state index in [4.69, 9.17) is 23.2 Å². The van der Waals surface area contributed by atoms with Gasteiger partial charge in [0.15, 0.2) is 0 Å². The van der Waals surface area contributed by atoms with Gasteiger partial charge in [0.05, 0.1) is 9.52 Å². The third-order valence-electron chi connectivity index (χ3n) is 11.3. The molecule has 0 spiro atoms. The van der Waals surface area contributed by atoms with Crippen molar-refractivity contribution in [1.29, 1.82) is 0 Å². The summed E-state index contributed by atoms with van der Waals surface area (Å²) in [6.45, 7) is 23.1. The average Bonchev–Trinajstić information content (AvgIpc) is 3.22. The largest absolute Gasteiger partial charge is 0.0840 e. The van der Waals surface area contributed by atoms with Crippen LogP contribution in [0, 0.1) is 0 Å². The smallest absolute Gasteiger partial charge is 0.0757 e. The lowest BCUT2D eigenvalue weighted by atomic mass is 9.83. The Bertz CT molecular complexity index is 1790. The van der Waals surface area contributed by atoms with Gasteiger partial charge in [-0.25, -0.2) is 0 Å². The monoisotopic (exact) mass is 702 g/mol. The summed E-state index contributed by atoms with van der Waals surface area (Å²) in [5, 5.41) is 1.53. The molecule has 0 aromatic heterocycles. The van der Waals surface area contributed by atoms with Crippen LogP contribution in [0.2, 0.25) is 20.1 Å². The van der Waals surface area contributed by atoms with Gasteiger partial charge in [-0.2, -0.15) is 0 Å². The number of benzene rings is 2. The zero-order chi connectivity index (χ0) is 35.5. The fourth-order valence-corrected chi connectivity index (χ4v) is 12.1.